The van der Waals surface area contributed by atoms with E-state index in [4.69, 9.17) is 14.9 Å². The molecule has 7 heteroatoms. The molecule has 2 unspecified atom stereocenters. The van der Waals surface area contributed by atoms with E-state index < -0.39 is 11.8 Å². The summed E-state index contributed by atoms with van der Waals surface area (Å²) in [6.45, 7) is 0. The molecule has 2 N–H and O–H groups in total. The first kappa shape index (κ1) is 17.6. The monoisotopic (exact) mass is 375 g/mol. The molecule has 0 radical (unpaired) electrons. The lowest BCUT2D eigenvalue weighted by molar-refractivity contribution is 0.372. The van der Waals surface area contributed by atoms with Crippen molar-refractivity contribution in [1.82, 2.24) is 4.57 Å². The number of aryl methyl sites for hydroxylation is 1. The highest BCUT2D eigenvalue weighted by Crippen LogP contribution is 2.44. The third-order valence-electron chi connectivity index (χ3n) is 5.13. The van der Waals surface area contributed by atoms with Crippen molar-refractivity contribution in [1.29, 1.82) is 10.7 Å². The number of hydrogen-bond acceptors (Lipinski definition) is 6. The van der Waals surface area contributed by atoms with E-state index in [9.17, 15) is 15.2 Å². The highest BCUT2D eigenvalue weighted by Gasteiger charge is 2.40. The number of phenolic OH excluding ortho intramolecular Hbond substituents is 1. The van der Waals surface area contributed by atoms with Gasteiger partial charge in [-0.25, -0.2) is 0 Å². The Morgan fingerprint density at radius 1 is 1.29 bits per heavy atom. The van der Waals surface area contributed by atoms with Gasteiger partial charge in [0.1, 0.15) is 11.7 Å². The summed E-state index contributed by atoms with van der Waals surface area (Å²) in [6.07, 6.45) is 0. The van der Waals surface area contributed by atoms with Crippen LogP contribution in [0.1, 0.15) is 17.0 Å². The SMILES string of the molecule is COc1cc(C2c3c(c4ccccc4n(C)c3=O)OC(=N)C2C#N)ccc1O. The van der Waals surface area contributed by atoms with Crippen molar-refractivity contribution < 1.29 is 14.6 Å². The minimum Gasteiger partial charge on any atom is -0.504 e. The van der Waals surface area contributed by atoms with Gasteiger partial charge in [-0.1, -0.05) is 18.2 Å². The zero-order chi connectivity index (χ0) is 20.0. The normalized spacial score (nSPS) is 18.2. The first-order chi connectivity index (χ1) is 13.5. The predicted octanol–water partition coefficient (Wildman–Crippen LogP) is 2.89. The van der Waals surface area contributed by atoms with Crippen LogP contribution in [-0.4, -0.2) is 22.7 Å². The summed E-state index contributed by atoms with van der Waals surface area (Å²) in [5, 5.41) is 28.6. The van der Waals surface area contributed by atoms with E-state index in [-0.39, 0.29) is 23.0 Å². The molecule has 0 saturated carbocycles. The van der Waals surface area contributed by atoms with Gasteiger partial charge in [0.15, 0.2) is 11.5 Å². The molecule has 2 aromatic carbocycles. The summed E-state index contributed by atoms with van der Waals surface area (Å²) in [7, 11) is 3.09. The number of phenols is 1. The van der Waals surface area contributed by atoms with E-state index in [2.05, 4.69) is 6.07 Å². The van der Waals surface area contributed by atoms with E-state index in [1.807, 2.05) is 18.2 Å². The van der Waals surface area contributed by atoms with Crippen molar-refractivity contribution in [2.75, 3.05) is 7.11 Å². The van der Waals surface area contributed by atoms with Gasteiger partial charge >= 0.3 is 0 Å². The number of aromatic hydroxyl groups is 1. The van der Waals surface area contributed by atoms with Crippen molar-refractivity contribution in [3.05, 3.63) is 63.9 Å². The lowest BCUT2D eigenvalue weighted by atomic mass is 9.79. The highest BCUT2D eigenvalue weighted by atomic mass is 16.5. The van der Waals surface area contributed by atoms with Gasteiger partial charge in [-0.2, -0.15) is 5.26 Å². The zero-order valence-corrected chi connectivity index (χ0v) is 15.3. The van der Waals surface area contributed by atoms with E-state index in [1.54, 1.807) is 25.2 Å². The fourth-order valence-corrected chi connectivity index (χ4v) is 3.75. The second-order valence-electron chi connectivity index (χ2n) is 6.61. The van der Waals surface area contributed by atoms with Crippen LogP contribution in [0.3, 0.4) is 0 Å². The van der Waals surface area contributed by atoms with Gasteiger partial charge in [-0.3, -0.25) is 10.2 Å². The molecule has 1 aliphatic heterocycles. The molecule has 3 aromatic rings. The van der Waals surface area contributed by atoms with Gasteiger partial charge in [-0.15, -0.1) is 0 Å². The van der Waals surface area contributed by atoms with Crippen LogP contribution in [0.15, 0.2) is 47.3 Å². The van der Waals surface area contributed by atoms with Crippen molar-refractivity contribution in [3.63, 3.8) is 0 Å². The van der Waals surface area contributed by atoms with Crippen LogP contribution >= 0.6 is 0 Å². The van der Waals surface area contributed by atoms with Gasteiger partial charge in [0.2, 0.25) is 5.90 Å². The Hall–Kier alpha value is -3.79. The number of fused-ring (bicyclic) bond motifs is 3. The van der Waals surface area contributed by atoms with Crippen molar-refractivity contribution in [2.45, 2.75) is 5.92 Å². The van der Waals surface area contributed by atoms with E-state index in [1.165, 1.54) is 17.7 Å². The number of pyridine rings is 1. The fourth-order valence-electron chi connectivity index (χ4n) is 3.75. The first-order valence-corrected chi connectivity index (χ1v) is 8.62. The lowest BCUT2D eigenvalue weighted by Crippen LogP contribution is -2.37. The maximum atomic E-state index is 13.2. The minimum absolute atomic E-state index is 0.0477. The number of nitriles is 1. The number of rotatable bonds is 2. The van der Waals surface area contributed by atoms with E-state index in [0.717, 1.165) is 0 Å². The Labute approximate surface area is 160 Å². The fraction of sp³-hybridized carbons (Fsp3) is 0.190. The second-order valence-corrected chi connectivity index (χ2v) is 6.61. The van der Waals surface area contributed by atoms with Gasteiger partial charge in [-0.05, 0) is 29.8 Å². The van der Waals surface area contributed by atoms with Crippen LogP contribution in [0.5, 0.6) is 17.2 Å². The molecule has 140 valence electrons. The van der Waals surface area contributed by atoms with Crippen LogP contribution in [0.2, 0.25) is 0 Å². The van der Waals surface area contributed by atoms with Crippen LogP contribution < -0.4 is 15.0 Å². The number of methoxy groups -OCH3 is 1. The Kier molecular flexibility index (Phi) is 4.04. The number of para-hydroxylation sites is 1. The number of aromatic nitrogens is 1. The number of hydrogen-bond donors (Lipinski definition) is 2. The number of ether oxygens (including phenoxy) is 2. The second kappa shape index (κ2) is 6.43. The van der Waals surface area contributed by atoms with Gasteiger partial charge in [0, 0.05) is 18.4 Å². The summed E-state index contributed by atoms with van der Waals surface area (Å²) < 4.78 is 12.4. The predicted molar refractivity (Wildman–Crippen MR) is 103 cm³/mol. The number of nitrogens with one attached hydrogen (secondary N) is 1. The molecule has 4 rings (SSSR count). The molecule has 2 heterocycles. The first-order valence-electron chi connectivity index (χ1n) is 8.62. The molecular weight excluding hydrogens is 358 g/mol. The minimum atomic E-state index is -0.976. The summed E-state index contributed by atoms with van der Waals surface area (Å²) in [4.78, 5) is 13.2. The largest absolute Gasteiger partial charge is 0.504 e. The van der Waals surface area contributed by atoms with E-state index in [0.29, 0.717) is 27.8 Å². The summed E-state index contributed by atoms with van der Waals surface area (Å²) in [6, 6.07) is 14.0. The van der Waals surface area contributed by atoms with Crippen LogP contribution in [-0.2, 0) is 7.05 Å². The lowest BCUT2D eigenvalue weighted by Gasteiger charge is -2.31. The van der Waals surface area contributed by atoms with Gasteiger partial charge in [0.05, 0.1) is 24.3 Å². The van der Waals surface area contributed by atoms with Gasteiger partial charge in [0.25, 0.3) is 5.56 Å². The molecule has 0 fully saturated rings. The number of nitrogens with zero attached hydrogens (tertiary/aromatic N) is 2. The Morgan fingerprint density at radius 2 is 2.04 bits per heavy atom. The summed E-state index contributed by atoms with van der Waals surface area (Å²) >= 11 is 0. The van der Waals surface area contributed by atoms with Crippen molar-refractivity contribution in [3.8, 4) is 23.3 Å². The van der Waals surface area contributed by atoms with Crippen LogP contribution in [0.4, 0.5) is 0 Å². The maximum Gasteiger partial charge on any atom is 0.258 e. The molecule has 0 spiro atoms. The van der Waals surface area contributed by atoms with Crippen molar-refractivity contribution >= 4 is 16.8 Å². The van der Waals surface area contributed by atoms with Crippen molar-refractivity contribution in [2.24, 2.45) is 13.0 Å². The average molecular weight is 375 g/mol. The Morgan fingerprint density at radius 3 is 2.75 bits per heavy atom. The standard InChI is InChI=1S/C21H17N3O4/c1-24-14-6-4-3-5-12(14)19-18(21(24)26)17(13(10-22)20(23)28-19)11-7-8-15(25)16(9-11)27-2/h3-9,13,17,23,25H,1-2H3. The third-order valence-corrected chi connectivity index (χ3v) is 5.13. The molecule has 28 heavy (non-hydrogen) atoms. The maximum absolute atomic E-state index is 13.2. The summed E-state index contributed by atoms with van der Waals surface area (Å²) in [5.74, 6) is -1.44. The molecule has 0 bridgehead atoms. The molecule has 0 saturated heterocycles. The van der Waals surface area contributed by atoms with Crippen LogP contribution in [0, 0.1) is 22.7 Å². The average Bonchev–Trinajstić information content (AvgIpc) is 2.71. The van der Waals surface area contributed by atoms with Crippen LogP contribution in [0.25, 0.3) is 10.9 Å². The van der Waals surface area contributed by atoms with Gasteiger partial charge < -0.3 is 19.1 Å². The topological polar surface area (TPSA) is 108 Å². The molecule has 0 aliphatic carbocycles. The Balaban J connectivity index is 2.09. The molecule has 2 atom stereocenters. The molecule has 1 aliphatic rings. The quantitative estimate of drug-likeness (QED) is 0.716. The highest BCUT2D eigenvalue weighted by molar-refractivity contribution is 5.94. The van der Waals surface area contributed by atoms with E-state index >= 15 is 0 Å². The molecular formula is C21H17N3O4. The molecule has 7 nitrogen and oxygen atoms in total. The Bertz CT molecular complexity index is 1220. The number of benzene rings is 2. The zero-order valence-electron chi connectivity index (χ0n) is 15.3. The molecule has 1 aromatic heterocycles. The third kappa shape index (κ3) is 2.42. The summed E-state index contributed by atoms with van der Waals surface area (Å²) in [5.41, 5.74) is 1.29. The molecule has 0 amide bonds. The smallest absolute Gasteiger partial charge is 0.258 e.